The summed E-state index contributed by atoms with van der Waals surface area (Å²) in [6, 6.07) is 16.9. The quantitative estimate of drug-likeness (QED) is 0.636. The van der Waals surface area contributed by atoms with E-state index in [0.29, 0.717) is 11.5 Å². The van der Waals surface area contributed by atoms with Crippen LogP contribution in [0.4, 0.5) is 0 Å². The third kappa shape index (κ3) is 4.27. The van der Waals surface area contributed by atoms with Crippen LogP contribution in [0, 0.1) is 0 Å². The van der Waals surface area contributed by atoms with E-state index in [-0.39, 0.29) is 19.0 Å². The number of hydrogen-bond donors (Lipinski definition) is 0. The molecule has 134 valence electrons. The van der Waals surface area contributed by atoms with Crippen molar-refractivity contribution in [2.24, 2.45) is 0 Å². The Kier molecular flexibility index (Phi) is 5.31. The van der Waals surface area contributed by atoms with Crippen LogP contribution >= 0.6 is 0 Å². The molecule has 0 aliphatic heterocycles. The first-order valence-electron chi connectivity index (χ1n) is 8.41. The Morgan fingerprint density at radius 1 is 1.12 bits per heavy atom. The van der Waals surface area contributed by atoms with Crippen LogP contribution in [0.3, 0.4) is 0 Å². The second-order valence-corrected chi connectivity index (χ2v) is 6.25. The van der Waals surface area contributed by atoms with Crippen LogP contribution in [-0.4, -0.2) is 15.7 Å². The summed E-state index contributed by atoms with van der Waals surface area (Å²) in [5.74, 6) is -0.618. The lowest BCUT2D eigenvalue weighted by atomic mass is 10.0. The molecule has 1 aromatic heterocycles. The first-order valence-corrected chi connectivity index (χ1v) is 8.41. The molecule has 0 unspecified atom stereocenters. The summed E-state index contributed by atoms with van der Waals surface area (Å²) in [4.78, 5) is 23.8. The molecule has 0 fully saturated rings. The molecule has 0 saturated heterocycles. The van der Waals surface area contributed by atoms with E-state index in [4.69, 9.17) is 9.15 Å². The van der Waals surface area contributed by atoms with Gasteiger partial charge in [-0.2, -0.15) is 4.68 Å². The molecule has 0 amide bonds. The molecule has 3 rings (SSSR count). The SMILES string of the molecule is CC(C)c1ccc(COC(=O)Cn2nc(-c3ccccc3)oc2=O)cc1. The Bertz CT molecular complexity index is 924. The molecule has 6 heteroatoms. The van der Waals surface area contributed by atoms with Crippen molar-refractivity contribution in [3.63, 3.8) is 0 Å². The van der Waals surface area contributed by atoms with Crippen LogP contribution in [-0.2, 0) is 22.7 Å². The van der Waals surface area contributed by atoms with E-state index in [1.54, 1.807) is 12.1 Å². The van der Waals surface area contributed by atoms with Crippen molar-refractivity contribution >= 4 is 5.97 Å². The van der Waals surface area contributed by atoms with Gasteiger partial charge in [0.2, 0.25) is 5.89 Å². The van der Waals surface area contributed by atoms with Gasteiger partial charge in [-0.25, -0.2) is 4.79 Å². The van der Waals surface area contributed by atoms with E-state index in [1.807, 2.05) is 42.5 Å². The Hall–Kier alpha value is -3.15. The highest BCUT2D eigenvalue weighted by Crippen LogP contribution is 2.15. The van der Waals surface area contributed by atoms with E-state index in [0.717, 1.165) is 10.2 Å². The third-order valence-electron chi connectivity index (χ3n) is 3.95. The Balaban J connectivity index is 1.60. The number of carbonyl (C=O) groups is 1. The van der Waals surface area contributed by atoms with Crippen molar-refractivity contribution in [3.8, 4) is 11.5 Å². The molecule has 26 heavy (non-hydrogen) atoms. The number of hydrogen-bond acceptors (Lipinski definition) is 5. The fourth-order valence-electron chi connectivity index (χ4n) is 2.43. The molecule has 0 N–H and O–H groups in total. The molecule has 0 atom stereocenters. The summed E-state index contributed by atoms with van der Waals surface area (Å²) < 4.78 is 11.3. The van der Waals surface area contributed by atoms with Crippen molar-refractivity contribution in [1.29, 1.82) is 0 Å². The number of carbonyl (C=O) groups excluding carboxylic acids is 1. The second-order valence-electron chi connectivity index (χ2n) is 6.25. The van der Waals surface area contributed by atoms with Crippen molar-refractivity contribution in [3.05, 3.63) is 76.3 Å². The van der Waals surface area contributed by atoms with Crippen molar-refractivity contribution in [1.82, 2.24) is 9.78 Å². The number of ether oxygens (including phenoxy) is 1. The van der Waals surface area contributed by atoms with Crippen molar-refractivity contribution < 1.29 is 13.9 Å². The van der Waals surface area contributed by atoms with Crippen molar-refractivity contribution in [2.45, 2.75) is 32.9 Å². The van der Waals surface area contributed by atoms with E-state index in [2.05, 4.69) is 18.9 Å². The first-order chi connectivity index (χ1) is 12.5. The highest BCUT2D eigenvalue weighted by atomic mass is 16.5. The maximum atomic E-state index is 12.0. The van der Waals surface area contributed by atoms with Gasteiger partial charge in [0.25, 0.3) is 0 Å². The number of esters is 1. The minimum absolute atomic E-state index is 0.148. The zero-order chi connectivity index (χ0) is 18.5. The smallest absolute Gasteiger partial charge is 0.437 e. The lowest BCUT2D eigenvalue weighted by Gasteiger charge is -2.07. The van der Waals surface area contributed by atoms with Crippen LogP contribution in [0.2, 0.25) is 0 Å². The van der Waals surface area contributed by atoms with Gasteiger partial charge in [0, 0.05) is 5.56 Å². The van der Waals surface area contributed by atoms with Gasteiger partial charge in [0.1, 0.15) is 13.2 Å². The van der Waals surface area contributed by atoms with Gasteiger partial charge in [-0.1, -0.05) is 56.3 Å². The monoisotopic (exact) mass is 352 g/mol. The molecule has 0 bridgehead atoms. The van der Waals surface area contributed by atoms with Crippen LogP contribution in [0.15, 0.2) is 63.8 Å². The summed E-state index contributed by atoms with van der Waals surface area (Å²) >= 11 is 0. The molecule has 0 radical (unpaired) electrons. The number of aromatic nitrogens is 2. The highest BCUT2D eigenvalue weighted by molar-refractivity contribution is 5.69. The average molecular weight is 352 g/mol. The van der Waals surface area contributed by atoms with E-state index >= 15 is 0 Å². The molecule has 0 aliphatic carbocycles. The number of benzene rings is 2. The normalized spacial score (nSPS) is 10.9. The third-order valence-corrected chi connectivity index (χ3v) is 3.95. The average Bonchev–Trinajstić information content (AvgIpc) is 3.01. The second kappa shape index (κ2) is 7.82. The topological polar surface area (TPSA) is 74.3 Å². The molecular weight excluding hydrogens is 332 g/mol. The van der Waals surface area contributed by atoms with E-state index in [1.165, 1.54) is 5.56 Å². The minimum Gasteiger partial charge on any atom is -0.459 e. The fourth-order valence-corrected chi connectivity index (χ4v) is 2.43. The van der Waals surface area contributed by atoms with Gasteiger partial charge < -0.3 is 9.15 Å². The van der Waals surface area contributed by atoms with Gasteiger partial charge in [-0.3, -0.25) is 4.79 Å². The maximum Gasteiger partial charge on any atom is 0.437 e. The summed E-state index contributed by atoms with van der Waals surface area (Å²) in [6.07, 6.45) is 0. The Morgan fingerprint density at radius 2 is 1.81 bits per heavy atom. The van der Waals surface area contributed by atoms with Gasteiger partial charge in [-0.05, 0) is 29.2 Å². The van der Waals surface area contributed by atoms with Crippen LogP contribution in [0.5, 0.6) is 0 Å². The number of rotatable bonds is 6. The molecule has 2 aromatic carbocycles. The lowest BCUT2D eigenvalue weighted by Crippen LogP contribution is -2.22. The first kappa shape index (κ1) is 17.7. The maximum absolute atomic E-state index is 12.0. The van der Waals surface area contributed by atoms with Gasteiger partial charge in [0.15, 0.2) is 0 Å². The standard InChI is InChI=1S/C20H20N2O4/c1-14(2)16-10-8-15(9-11-16)13-25-18(23)12-22-20(24)26-19(21-22)17-6-4-3-5-7-17/h3-11,14H,12-13H2,1-2H3. The molecular formula is C20H20N2O4. The predicted molar refractivity (Wildman–Crippen MR) is 96.5 cm³/mol. The Labute approximate surface area is 151 Å². The van der Waals surface area contributed by atoms with Crippen molar-refractivity contribution in [2.75, 3.05) is 0 Å². The molecule has 0 spiro atoms. The fraction of sp³-hybridized carbons (Fsp3) is 0.250. The predicted octanol–water partition coefficient (Wildman–Crippen LogP) is 3.37. The van der Waals surface area contributed by atoms with Gasteiger partial charge in [0.05, 0.1) is 0 Å². The zero-order valence-corrected chi connectivity index (χ0v) is 14.7. The number of nitrogens with zero attached hydrogens (tertiary/aromatic N) is 2. The molecule has 3 aromatic rings. The molecule has 1 heterocycles. The minimum atomic E-state index is -0.693. The lowest BCUT2D eigenvalue weighted by molar-refractivity contribution is -0.146. The zero-order valence-electron chi connectivity index (χ0n) is 14.7. The van der Waals surface area contributed by atoms with Crippen LogP contribution in [0.25, 0.3) is 11.5 Å². The van der Waals surface area contributed by atoms with Gasteiger partial charge in [-0.15, -0.1) is 5.10 Å². The van der Waals surface area contributed by atoms with Gasteiger partial charge >= 0.3 is 11.7 Å². The molecule has 0 aliphatic rings. The van der Waals surface area contributed by atoms with Crippen LogP contribution < -0.4 is 5.76 Å². The Morgan fingerprint density at radius 3 is 2.46 bits per heavy atom. The summed E-state index contributed by atoms with van der Waals surface area (Å²) in [7, 11) is 0. The molecule has 6 nitrogen and oxygen atoms in total. The molecule has 0 saturated carbocycles. The largest absolute Gasteiger partial charge is 0.459 e. The van der Waals surface area contributed by atoms with Crippen LogP contribution in [0.1, 0.15) is 30.9 Å². The summed E-state index contributed by atoms with van der Waals surface area (Å²) in [6.45, 7) is 4.09. The summed E-state index contributed by atoms with van der Waals surface area (Å²) in [5, 5.41) is 4.04. The van der Waals surface area contributed by atoms with E-state index in [9.17, 15) is 9.59 Å². The van der Waals surface area contributed by atoms with E-state index < -0.39 is 11.7 Å². The summed E-state index contributed by atoms with van der Waals surface area (Å²) in [5.41, 5.74) is 2.78. The highest BCUT2D eigenvalue weighted by Gasteiger charge is 2.14.